The molecule has 0 aliphatic rings. The predicted octanol–water partition coefficient (Wildman–Crippen LogP) is 3.97. The van der Waals surface area contributed by atoms with Crippen molar-refractivity contribution in [3.05, 3.63) is 58.1 Å². The van der Waals surface area contributed by atoms with Gasteiger partial charge in [0.1, 0.15) is 5.75 Å². The number of benzene rings is 2. The third-order valence-corrected chi connectivity index (χ3v) is 3.45. The summed E-state index contributed by atoms with van der Waals surface area (Å²) in [6, 6.07) is 10.8. The molecule has 2 aromatic rings. The Balaban J connectivity index is 2.19. The molecule has 4 nitrogen and oxygen atoms in total. The third kappa shape index (κ3) is 3.67. The molecule has 0 fully saturated rings. The van der Waals surface area contributed by atoms with Gasteiger partial charge in [0.25, 0.3) is 0 Å². The van der Waals surface area contributed by atoms with Gasteiger partial charge in [-0.3, -0.25) is 0 Å². The van der Waals surface area contributed by atoms with Crippen LogP contribution < -0.4 is 10.1 Å². The smallest absolute Gasteiger partial charge is 0.337 e. The average Bonchev–Trinajstić information content (AvgIpc) is 2.46. The van der Waals surface area contributed by atoms with Gasteiger partial charge >= 0.3 is 5.97 Å². The average molecular weight is 306 g/mol. The van der Waals surface area contributed by atoms with E-state index in [9.17, 15) is 4.79 Å². The van der Waals surface area contributed by atoms with Crippen molar-refractivity contribution in [3.8, 4) is 5.75 Å². The van der Waals surface area contributed by atoms with E-state index in [2.05, 4.69) is 5.32 Å². The predicted molar refractivity (Wildman–Crippen MR) is 83.5 cm³/mol. The zero-order valence-corrected chi connectivity index (χ0v) is 12.6. The number of methoxy groups -OCH3 is 1. The van der Waals surface area contributed by atoms with Gasteiger partial charge in [0.05, 0.1) is 17.7 Å². The topological polar surface area (TPSA) is 58.6 Å². The second-order valence-corrected chi connectivity index (χ2v) is 5.08. The summed E-state index contributed by atoms with van der Waals surface area (Å²) in [7, 11) is 1.62. The van der Waals surface area contributed by atoms with Crippen LogP contribution >= 0.6 is 11.6 Å². The van der Waals surface area contributed by atoms with Crippen molar-refractivity contribution >= 4 is 23.3 Å². The van der Waals surface area contributed by atoms with Crippen molar-refractivity contribution in [2.75, 3.05) is 12.4 Å². The summed E-state index contributed by atoms with van der Waals surface area (Å²) in [5.41, 5.74) is 2.91. The summed E-state index contributed by atoms with van der Waals surface area (Å²) in [6.45, 7) is 2.54. The molecule has 0 bridgehead atoms. The minimum absolute atomic E-state index is 0.0814. The van der Waals surface area contributed by atoms with Crippen LogP contribution in [0.1, 0.15) is 21.5 Å². The van der Waals surface area contributed by atoms with E-state index in [0.717, 1.165) is 16.9 Å². The number of carboxylic acids is 1. The zero-order valence-electron chi connectivity index (χ0n) is 11.8. The second kappa shape index (κ2) is 6.50. The maximum Gasteiger partial charge on any atom is 0.337 e. The number of hydrogen-bond acceptors (Lipinski definition) is 3. The molecule has 21 heavy (non-hydrogen) atoms. The Hall–Kier alpha value is -2.20. The van der Waals surface area contributed by atoms with E-state index >= 15 is 0 Å². The van der Waals surface area contributed by atoms with Gasteiger partial charge in [-0.2, -0.15) is 0 Å². The molecule has 2 aromatic carbocycles. The molecule has 0 atom stereocenters. The van der Waals surface area contributed by atoms with Crippen molar-refractivity contribution in [3.63, 3.8) is 0 Å². The van der Waals surface area contributed by atoms with E-state index in [-0.39, 0.29) is 10.6 Å². The highest BCUT2D eigenvalue weighted by Crippen LogP contribution is 2.23. The molecule has 2 N–H and O–H groups in total. The maximum absolute atomic E-state index is 11.1. The van der Waals surface area contributed by atoms with E-state index in [0.29, 0.717) is 12.2 Å². The van der Waals surface area contributed by atoms with Crippen LogP contribution in [0.4, 0.5) is 5.69 Å². The van der Waals surface area contributed by atoms with Gasteiger partial charge in [-0.25, -0.2) is 4.79 Å². The monoisotopic (exact) mass is 305 g/mol. The van der Waals surface area contributed by atoms with Crippen molar-refractivity contribution < 1.29 is 14.6 Å². The molecular weight excluding hydrogens is 290 g/mol. The van der Waals surface area contributed by atoms with Gasteiger partial charge in [-0.05, 0) is 31.2 Å². The minimum atomic E-state index is -1.04. The van der Waals surface area contributed by atoms with Crippen LogP contribution in [0.15, 0.2) is 36.4 Å². The molecule has 0 saturated carbocycles. The van der Waals surface area contributed by atoms with Crippen LogP contribution in [0.5, 0.6) is 5.75 Å². The van der Waals surface area contributed by atoms with Crippen molar-refractivity contribution in [2.24, 2.45) is 0 Å². The lowest BCUT2D eigenvalue weighted by molar-refractivity contribution is 0.0697. The standard InChI is InChI=1S/C16H16ClNO3/c1-10-3-6-15(21-2)11(7-10)9-18-12-4-5-14(17)13(8-12)16(19)20/h3-8,18H,9H2,1-2H3,(H,19,20). The first-order chi connectivity index (χ1) is 10.0. The van der Waals surface area contributed by atoms with Crippen molar-refractivity contribution in [2.45, 2.75) is 13.5 Å². The zero-order chi connectivity index (χ0) is 15.4. The normalized spacial score (nSPS) is 10.2. The molecule has 0 aromatic heterocycles. The number of aromatic carboxylic acids is 1. The quantitative estimate of drug-likeness (QED) is 0.877. The number of aryl methyl sites for hydroxylation is 1. The highest BCUT2D eigenvalue weighted by atomic mass is 35.5. The second-order valence-electron chi connectivity index (χ2n) is 4.67. The van der Waals surface area contributed by atoms with Gasteiger partial charge < -0.3 is 15.2 Å². The van der Waals surface area contributed by atoms with Crippen LogP contribution in [-0.2, 0) is 6.54 Å². The Morgan fingerprint density at radius 2 is 2.05 bits per heavy atom. The number of nitrogens with one attached hydrogen (secondary N) is 1. The minimum Gasteiger partial charge on any atom is -0.496 e. The van der Waals surface area contributed by atoms with E-state index in [1.807, 2.05) is 25.1 Å². The molecular formula is C16H16ClNO3. The van der Waals surface area contributed by atoms with Crippen LogP contribution in [0.3, 0.4) is 0 Å². The summed E-state index contributed by atoms with van der Waals surface area (Å²) in [5, 5.41) is 12.5. The molecule has 0 radical (unpaired) electrons. The Kier molecular flexibility index (Phi) is 4.70. The van der Waals surface area contributed by atoms with Crippen LogP contribution in [0, 0.1) is 6.92 Å². The van der Waals surface area contributed by atoms with Gasteiger partial charge in [0.15, 0.2) is 0 Å². The lowest BCUT2D eigenvalue weighted by atomic mass is 10.1. The molecule has 0 amide bonds. The molecule has 0 aliphatic heterocycles. The molecule has 0 spiro atoms. The third-order valence-electron chi connectivity index (χ3n) is 3.12. The summed E-state index contributed by atoms with van der Waals surface area (Å²) in [6.07, 6.45) is 0. The maximum atomic E-state index is 11.1. The van der Waals surface area contributed by atoms with E-state index in [4.69, 9.17) is 21.4 Å². The Bertz CT molecular complexity index is 671. The number of carbonyl (C=O) groups is 1. The first-order valence-electron chi connectivity index (χ1n) is 6.41. The SMILES string of the molecule is COc1ccc(C)cc1CNc1ccc(Cl)c(C(=O)O)c1. The molecule has 0 heterocycles. The number of hydrogen-bond donors (Lipinski definition) is 2. The fraction of sp³-hybridized carbons (Fsp3) is 0.188. The van der Waals surface area contributed by atoms with Crippen LogP contribution in [-0.4, -0.2) is 18.2 Å². The van der Waals surface area contributed by atoms with Crippen molar-refractivity contribution in [1.29, 1.82) is 0 Å². The van der Waals surface area contributed by atoms with Crippen molar-refractivity contribution in [1.82, 2.24) is 0 Å². The molecule has 5 heteroatoms. The lowest BCUT2D eigenvalue weighted by Gasteiger charge is -2.12. The fourth-order valence-electron chi connectivity index (χ4n) is 2.04. The number of rotatable bonds is 5. The first-order valence-corrected chi connectivity index (χ1v) is 6.79. The van der Waals surface area contributed by atoms with E-state index in [1.54, 1.807) is 19.2 Å². The summed E-state index contributed by atoms with van der Waals surface area (Å²) < 4.78 is 5.31. The molecule has 2 rings (SSSR count). The Morgan fingerprint density at radius 1 is 1.29 bits per heavy atom. The summed E-state index contributed by atoms with van der Waals surface area (Å²) >= 11 is 5.85. The van der Waals surface area contributed by atoms with Gasteiger partial charge in [-0.1, -0.05) is 29.3 Å². The largest absolute Gasteiger partial charge is 0.496 e. The number of anilines is 1. The van der Waals surface area contributed by atoms with Crippen LogP contribution in [0.2, 0.25) is 5.02 Å². The van der Waals surface area contributed by atoms with E-state index < -0.39 is 5.97 Å². The van der Waals surface area contributed by atoms with Crippen LogP contribution in [0.25, 0.3) is 0 Å². The van der Waals surface area contributed by atoms with E-state index in [1.165, 1.54) is 6.07 Å². The highest BCUT2D eigenvalue weighted by molar-refractivity contribution is 6.33. The number of ether oxygens (including phenoxy) is 1. The van der Waals surface area contributed by atoms with Gasteiger partial charge in [0, 0.05) is 17.8 Å². The molecule has 0 aliphatic carbocycles. The molecule has 0 saturated heterocycles. The fourth-order valence-corrected chi connectivity index (χ4v) is 2.24. The number of carboxylic acid groups (broad SMARTS) is 1. The summed E-state index contributed by atoms with van der Waals surface area (Å²) in [4.78, 5) is 11.1. The Morgan fingerprint density at radius 3 is 2.71 bits per heavy atom. The molecule has 110 valence electrons. The number of halogens is 1. The lowest BCUT2D eigenvalue weighted by Crippen LogP contribution is -2.04. The molecule has 0 unspecified atom stereocenters. The highest BCUT2D eigenvalue weighted by Gasteiger charge is 2.10. The summed E-state index contributed by atoms with van der Waals surface area (Å²) in [5.74, 6) is -0.252. The first kappa shape index (κ1) is 15.2. The Labute approximate surface area is 128 Å². The van der Waals surface area contributed by atoms with Gasteiger partial charge in [-0.15, -0.1) is 0 Å². The van der Waals surface area contributed by atoms with Gasteiger partial charge in [0.2, 0.25) is 0 Å².